The maximum atomic E-state index is 10.7. The zero-order valence-corrected chi connectivity index (χ0v) is 9.88. The average molecular weight is 237 g/mol. The molecule has 0 aliphatic heterocycles. The van der Waals surface area contributed by atoms with Gasteiger partial charge in [0, 0.05) is 11.3 Å². The predicted molar refractivity (Wildman–Crippen MR) is 62.9 cm³/mol. The van der Waals surface area contributed by atoms with E-state index in [9.17, 15) is 14.9 Å². The highest BCUT2D eigenvalue weighted by Crippen LogP contribution is 2.28. The third kappa shape index (κ3) is 3.27. The second-order valence-electron chi connectivity index (χ2n) is 4.15. The molecule has 92 valence electrons. The monoisotopic (exact) mass is 237 g/mol. The van der Waals surface area contributed by atoms with Crippen LogP contribution in [0.1, 0.15) is 18.9 Å². The summed E-state index contributed by atoms with van der Waals surface area (Å²) >= 11 is 0. The molecule has 0 spiro atoms. The first-order valence-corrected chi connectivity index (χ1v) is 5.22. The van der Waals surface area contributed by atoms with Gasteiger partial charge in [0.15, 0.2) is 0 Å². The summed E-state index contributed by atoms with van der Waals surface area (Å²) in [5, 5.41) is 10.7. The number of carbonyl (C=O) groups excluding carboxylic acids is 1. The number of ether oxygens (including phenoxy) is 1. The summed E-state index contributed by atoms with van der Waals surface area (Å²) in [6.07, 6.45) is 0.841. The van der Waals surface area contributed by atoms with E-state index in [1.54, 1.807) is 38.3 Å². The SMILES string of the molecule is COc1ccc([C@](C)(CC=O)C[N+](=O)[O-])cc1. The largest absolute Gasteiger partial charge is 0.497 e. The van der Waals surface area contributed by atoms with Crippen molar-refractivity contribution in [2.45, 2.75) is 18.8 Å². The molecule has 0 bridgehead atoms. The molecule has 17 heavy (non-hydrogen) atoms. The first-order valence-electron chi connectivity index (χ1n) is 5.22. The molecule has 0 aliphatic carbocycles. The van der Waals surface area contributed by atoms with Crippen LogP contribution in [0.15, 0.2) is 24.3 Å². The van der Waals surface area contributed by atoms with Gasteiger partial charge in [-0.3, -0.25) is 10.1 Å². The Hall–Kier alpha value is -1.91. The van der Waals surface area contributed by atoms with Gasteiger partial charge in [-0.15, -0.1) is 0 Å². The molecule has 0 heterocycles. The van der Waals surface area contributed by atoms with E-state index >= 15 is 0 Å². The Bertz CT molecular complexity index is 401. The van der Waals surface area contributed by atoms with Gasteiger partial charge in [-0.2, -0.15) is 0 Å². The van der Waals surface area contributed by atoms with E-state index in [1.165, 1.54) is 0 Å². The Morgan fingerprint density at radius 1 is 1.41 bits per heavy atom. The fraction of sp³-hybridized carbons (Fsp3) is 0.417. The third-order valence-electron chi connectivity index (χ3n) is 2.80. The lowest BCUT2D eigenvalue weighted by Gasteiger charge is -2.23. The number of carbonyl (C=O) groups is 1. The van der Waals surface area contributed by atoms with Gasteiger partial charge in [-0.1, -0.05) is 12.1 Å². The van der Waals surface area contributed by atoms with Crippen molar-refractivity contribution in [2.24, 2.45) is 0 Å². The van der Waals surface area contributed by atoms with Gasteiger partial charge in [0.25, 0.3) is 0 Å². The maximum Gasteiger partial charge on any atom is 0.213 e. The van der Waals surface area contributed by atoms with Crippen LogP contribution in [0.4, 0.5) is 0 Å². The Balaban J connectivity index is 3.03. The average Bonchev–Trinajstić information content (AvgIpc) is 2.28. The summed E-state index contributed by atoms with van der Waals surface area (Å²) in [7, 11) is 1.55. The van der Waals surface area contributed by atoms with Gasteiger partial charge in [0.2, 0.25) is 6.54 Å². The highest BCUT2D eigenvalue weighted by molar-refractivity contribution is 5.53. The van der Waals surface area contributed by atoms with Crippen LogP contribution >= 0.6 is 0 Å². The second kappa shape index (κ2) is 5.43. The molecule has 0 unspecified atom stereocenters. The number of hydrogen-bond acceptors (Lipinski definition) is 4. The summed E-state index contributed by atoms with van der Waals surface area (Å²) in [5.41, 5.74) is -0.000514. The summed E-state index contributed by atoms with van der Waals surface area (Å²) in [4.78, 5) is 20.9. The molecule has 5 nitrogen and oxygen atoms in total. The van der Waals surface area contributed by atoms with Crippen LogP contribution in [0.3, 0.4) is 0 Å². The molecule has 0 radical (unpaired) electrons. The van der Waals surface area contributed by atoms with Crippen LogP contribution in [0.25, 0.3) is 0 Å². The first-order chi connectivity index (χ1) is 8.01. The summed E-state index contributed by atoms with van der Waals surface area (Å²) < 4.78 is 5.02. The van der Waals surface area contributed by atoms with Crippen molar-refractivity contribution in [3.63, 3.8) is 0 Å². The lowest BCUT2D eigenvalue weighted by atomic mass is 9.80. The van der Waals surface area contributed by atoms with Crippen molar-refractivity contribution < 1.29 is 14.5 Å². The fourth-order valence-electron chi connectivity index (χ4n) is 1.74. The standard InChI is InChI=1S/C12H15NO4/c1-12(7-8-14,9-13(15)16)10-3-5-11(17-2)6-4-10/h3-6,8H,7,9H2,1-2H3/t12-/m1/s1. The van der Waals surface area contributed by atoms with Crippen molar-refractivity contribution in [3.05, 3.63) is 39.9 Å². The minimum absolute atomic E-state index is 0.125. The van der Waals surface area contributed by atoms with E-state index < -0.39 is 10.3 Å². The van der Waals surface area contributed by atoms with Crippen LogP contribution in [0.2, 0.25) is 0 Å². The number of benzene rings is 1. The second-order valence-corrected chi connectivity index (χ2v) is 4.15. The molecule has 0 saturated heterocycles. The molecule has 0 fully saturated rings. The van der Waals surface area contributed by atoms with Crippen molar-refractivity contribution in [2.75, 3.05) is 13.7 Å². The predicted octanol–water partition coefficient (Wildman–Crippen LogP) is 1.82. The topological polar surface area (TPSA) is 69.4 Å². The van der Waals surface area contributed by atoms with Crippen LogP contribution in [-0.2, 0) is 10.2 Å². The molecule has 1 aromatic carbocycles. The molecule has 1 rings (SSSR count). The van der Waals surface area contributed by atoms with Crippen LogP contribution in [-0.4, -0.2) is 24.9 Å². The quantitative estimate of drug-likeness (QED) is 0.430. The van der Waals surface area contributed by atoms with Crippen molar-refractivity contribution in [1.29, 1.82) is 0 Å². The molecule has 0 saturated carbocycles. The maximum absolute atomic E-state index is 10.7. The molecular formula is C12H15NO4. The fourth-order valence-corrected chi connectivity index (χ4v) is 1.74. The molecule has 0 amide bonds. The van der Waals surface area contributed by atoms with Gasteiger partial charge in [-0.05, 0) is 24.6 Å². The Kier molecular flexibility index (Phi) is 4.20. The minimum Gasteiger partial charge on any atom is -0.497 e. The van der Waals surface area contributed by atoms with E-state index in [2.05, 4.69) is 0 Å². The molecule has 5 heteroatoms. The number of methoxy groups -OCH3 is 1. The molecular weight excluding hydrogens is 222 g/mol. The van der Waals surface area contributed by atoms with E-state index in [0.29, 0.717) is 12.0 Å². The zero-order valence-electron chi connectivity index (χ0n) is 9.88. The van der Waals surface area contributed by atoms with E-state index in [0.717, 1.165) is 5.56 Å². The van der Waals surface area contributed by atoms with Gasteiger partial charge < -0.3 is 9.53 Å². The number of rotatable bonds is 6. The van der Waals surface area contributed by atoms with E-state index in [4.69, 9.17) is 4.74 Å². The van der Waals surface area contributed by atoms with Gasteiger partial charge in [0.05, 0.1) is 12.5 Å². The van der Waals surface area contributed by atoms with Crippen LogP contribution < -0.4 is 4.74 Å². The smallest absolute Gasteiger partial charge is 0.213 e. The van der Waals surface area contributed by atoms with Gasteiger partial charge in [0.1, 0.15) is 12.0 Å². The Morgan fingerprint density at radius 3 is 2.41 bits per heavy atom. The van der Waals surface area contributed by atoms with E-state index in [-0.39, 0.29) is 13.0 Å². The first kappa shape index (κ1) is 13.2. The van der Waals surface area contributed by atoms with Gasteiger partial charge in [-0.25, -0.2) is 0 Å². The normalized spacial score (nSPS) is 13.8. The summed E-state index contributed by atoms with van der Waals surface area (Å²) in [6, 6.07) is 6.98. The minimum atomic E-state index is -0.766. The number of nitrogens with zero attached hydrogens (tertiary/aromatic N) is 1. The molecule has 0 aliphatic rings. The summed E-state index contributed by atoms with van der Waals surface area (Å²) in [5.74, 6) is 0.684. The third-order valence-corrected chi connectivity index (χ3v) is 2.80. The highest BCUT2D eigenvalue weighted by Gasteiger charge is 2.32. The Morgan fingerprint density at radius 2 is 2.00 bits per heavy atom. The van der Waals surface area contributed by atoms with Crippen LogP contribution in [0.5, 0.6) is 5.75 Å². The summed E-state index contributed by atoms with van der Waals surface area (Å²) in [6.45, 7) is 1.45. The highest BCUT2D eigenvalue weighted by atomic mass is 16.6. The molecule has 1 aromatic rings. The van der Waals surface area contributed by atoms with Crippen molar-refractivity contribution >= 4 is 6.29 Å². The zero-order chi connectivity index (χ0) is 12.9. The molecule has 0 N–H and O–H groups in total. The van der Waals surface area contributed by atoms with Crippen molar-refractivity contribution in [1.82, 2.24) is 0 Å². The van der Waals surface area contributed by atoms with Crippen LogP contribution in [0, 0.1) is 10.1 Å². The number of aldehydes is 1. The van der Waals surface area contributed by atoms with E-state index in [1.807, 2.05) is 0 Å². The number of nitro groups is 1. The lowest BCUT2D eigenvalue weighted by molar-refractivity contribution is -0.490. The molecule has 0 aromatic heterocycles. The Labute approximate surface area is 99.5 Å². The molecule has 1 atom stereocenters. The number of hydrogen-bond donors (Lipinski definition) is 0. The lowest BCUT2D eigenvalue weighted by Crippen LogP contribution is -2.31. The van der Waals surface area contributed by atoms with Crippen molar-refractivity contribution in [3.8, 4) is 5.75 Å². The van der Waals surface area contributed by atoms with Gasteiger partial charge >= 0.3 is 0 Å².